The molecule has 0 aromatic heterocycles. The van der Waals surface area contributed by atoms with Gasteiger partial charge in [-0.25, -0.2) is 9.59 Å². The summed E-state index contributed by atoms with van der Waals surface area (Å²) in [4.78, 5) is 23.9. The van der Waals surface area contributed by atoms with E-state index in [9.17, 15) is 9.59 Å². The van der Waals surface area contributed by atoms with Crippen LogP contribution in [-0.4, -0.2) is 24.3 Å². The van der Waals surface area contributed by atoms with E-state index in [2.05, 4.69) is 13.8 Å². The van der Waals surface area contributed by atoms with Crippen molar-refractivity contribution < 1.29 is 24.2 Å². The fraction of sp³-hybridized carbons (Fsp3) is 0.167. The molecule has 0 aliphatic heterocycles. The number of hydrogen-bond acceptors (Lipinski definition) is 4. The van der Waals surface area contributed by atoms with Gasteiger partial charge in [-0.1, -0.05) is 80.6 Å². The van der Waals surface area contributed by atoms with E-state index in [0.717, 1.165) is 16.7 Å². The minimum Gasteiger partial charge on any atom is -0.465 e. The number of ether oxygens (including phenoxy) is 2. The van der Waals surface area contributed by atoms with Crippen LogP contribution in [0.2, 0.25) is 0 Å². The summed E-state index contributed by atoms with van der Waals surface area (Å²) >= 11 is 0. The van der Waals surface area contributed by atoms with Gasteiger partial charge in [-0.3, -0.25) is 0 Å². The number of benzene rings is 3. The molecule has 0 aliphatic rings. The monoisotopic (exact) mass is 390 g/mol. The largest absolute Gasteiger partial charge is 0.511 e. The Kier molecular flexibility index (Phi) is 5.69. The molecule has 0 amide bonds. The molecule has 3 aromatic rings. The lowest BCUT2D eigenvalue weighted by Gasteiger charge is -2.30. The lowest BCUT2D eigenvalue weighted by Crippen LogP contribution is -2.22. The zero-order valence-electron chi connectivity index (χ0n) is 16.5. The Bertz CT molecular complexity index is 1020. The molecule has 0 spiro atoms. The van der Waals surface area contributed by atoms with Crippen LogP contribution in [0.3, 0.4) is 0 Å². The van der Waals surface area contributed by atoms with Gasteiger partial charge in [-0.2, -0.15) is 0 Å². The molecule has 0 unspecified atom stereocenters. The van der Waals surface area contributed by atoms with E-state index in [1.807, 2.05) is 60.7 Å². The van der Waals surface area contributed by atoms with Crippen molar-refractivity contribution in [2.75, 3.05) is 7.11 Å². The first kappa shape index (κ1) is 20.1. The number of hydrogen-bond donors (Lipinski definition) is 1. The first-order chi connectivity index (χ1) is 13.9. The minimum absolute atomic E-state index is 0.0594. The summed E-state index contributed by atoms with van der Waals surface area (Å²) in [6.45, 7) is 4.12. The summed E-state index contributed by atoms with van der Waals surface area (Å²) in [6.07, 6.45) is -1.50. The number of esters is 1. The Morgan fingerprint density at radius 1 is 0.862 bits per heavy atom. The summed E-state index contributed by atoms with van der Waals surface area (Å²) in [7, 11) is 1.26. The molecule has 0 aliphatic carbocycles. The van der Waals surface area contributed by atoms with Gasteiger partial charge in [-0.05, 0) is 22.8 Å². The minimum atomic E-state index is -1.50. The van der Waals surface area contributed by atoms with Crippen molar-refractivity contribution in [3.8, 4) is 16.9 Å². The Balaban J connectivity index is 2.38. The quantitative estimate of drug-likeness (QED) is 0.458. The van der Waals surface area contributed by atoms with Crippen LogP contribution in [0.5, 0.6) is 5.75 Å². The van der Waals surface area contributed by atoms with E-state index in [1.54, 1.807) is 6.07 Å². The number of carbonyl (C=O) groups is 2. The van der Waals surface area contributed by atoms with Gasteiger partial charge in [0.25, 0.3) is 0 Å². The van der Waals surface area contributed by atoms with Crippen LogP contribution in [-0.2, 0) is 10.2 Å². The maximum absolute atomic E-state index is 12.7. The maximum atomic E-state index is 12.7. The van der Waals surface area contributed by atoms with Crippen LogP contribution in [0, 0.1) is 0 Å². The first-order valence-electron chi connectivity index (χ1n) is 9.13. The molecular formula is C24H22O5. The third-order valence-electron chi connectivity index (χ3n) is 4.99. The van der Waals surface area contributed by atoms with Crippen LogP contribution < -0.4 is 4.74 Å². The van der Waals surface area contributed by atoms with Crippen LogP contribution in [0.1, 0.15) is 35.3 Å². The van der Waals surface area contributed by atoms with Gasteiger partial charge < -0.3 is 14.6 Å². The van der Waals surface area contributed by atoms with E-state index >= 15 is 0 Å². The van der Waals surface area contributed by atoms with Crippen molar-refractivity contribution in [2.45, 2.75) is 19.3 Å². The smallest absolute Gasteiger partial charge is 0.465 e. The predicted octanol–water partition coefficient (Wildman–Crippen LogP) is 5.52. The van der Waals surface area contributed by atoms with Crippen LogP contribution in [0.15, 0.2) is 72.8 Å². The lowest BCUT2D eigenvalue weighted by atomic mass is 9.74. The fourth-order valence-corrected chi connectivity index (χ4v) is 3.50. The highest BCUT2D eigenvalue weighted by molar-refractivity contribution is 6.02. The Labute approximate surface area is 169 Å². The summed E-state index contributed by atoms with van der Waals surface area (Å²) in [5.74, 6) is -0.721. The Hall–Kier alpha value is -3.60. The second-order valence-electron chi connectivity index (χ2n) is 7.08. The van der Waals surface area contributed by atoms with Crippen molar-refractivity contribution in [1.82, 2.24) is 0 Å². The van der Waals surface area contributed by atoms with Gasteiger partial charge in [0.15, 0.2) is 0 Å². The molecule has 3 rings (SSSR count). The molecule has 0 atom stereocenters. The van der Waals surface area contributed by atoms with E-state index in [-0.39, 0.29) is 11.3 Å². The summed E-state index contributed by atoms with van der Waals surface area (Å²) < 4.78 is 9.90. The molecule has 3 aromatic carbocycles. The van der Waals surface area contributed by atoms with Crippen molar-refractivity contribution >= 4 is 12.1 Å². The van der Waals surface area contributed by atoms with E-state index in [4.69, 9.17) is 14.6 Å². The molecule has 0 bridgehead atoms. The number of rotatable bonds is 5. The second kappa shape index (κ2) is 8.19. The molecule has 148 valence electrons. The number of carbonyl (C=O) groups excluding carboxylic acids is 1. The zero-order chi connectivity index (χ0) is 21.0. The fourth-order valence-electron chi connectivity index (χ4n) is 3.50. The molecule has 0 saturated heterocycles. The van der Waals surface area contributed by atoms with Crippen molar-refractivity contribution in [3.63, 3.8) is 0 Å². The van der Waals surface area contributed by atoms with E-state index < -0.39 is 17.5 Å². The molecule has 0 heterocycles. The predicted molar refractivity (Wildman–Crippen MR) is 110 cm³/mol. The lowest BCUT2D eigenvalue weighted by molar-refractivity contribution is 0.0597. The summed E-state index contributed by atoms with van der Waals surface area (Å²) in [5, 5.41) is 9.14. The van der Waals surface area contributed by atoms with E-state index in [1.165, 1.54) is 13.2 Å². The average molecular weight is 390 g/mol. The van der Waals surface area contributed by atoms with Gasteiger partial charge in [0.2, 0.25) is 0 Å². The van der Waals surface area contributed by atoms with Gasteiger partial charge in [0, 0.05) is 11.0 Å². The molecule has 5 nitrogen and oxygen atoms in total. The topological polar surface area (TPSA) is 72.8 Å². The third-order valence-corrected chi connectivity index (χ3v) is 4.99. The standard InChI is InChI=1S/C24H22O5/c1-24(2,17-12-8-5-9-13-17)18-14-15-19(29-23(26)27)21(22(25)28-3)20(18)16-10-6-4-7-11-16/h4-15H,1-3H3,(H,26,27). The van der Waals surface area contributed by atoms with Crippen LogP contribution >= 0.6 is 0 Å². The molecule has 0 saturated carbocycles. The molecule has 1 N–H and O–H groups in total. The van der Waals surface area contributed by atoms with E-state index in [0.29, 0.717) is 5.56 Å². The second-order valence-corrected chi connectivity index (χ2v) is 7.08. The average Bonchev–Trinajstić information content (AvgIpc) is 2.73. The van der Waals surface area contributed by atoms with Crippen molar-refractivity contribution in [2.24, 2.45) is 0 Å². The van der Waals surface area contributed by atoms with Gasteiger partial charge >= 0.3 is 12.1 Å². The zero-order valence-corrected chi connectivity index (χ0v) is 16.5. The van der Waals surface area contributed by atoms with Crippen molar-refractivity contribution in [1.29, 1.82) is 0 Å². The molecule has 29 heavy (non-hydrogen) atoms. The number of methoxy groups -OCH3 is 1. The third kappa shape index (κ3) is 3.99. The molecule has 5 heteroatoms. The highest BCUT2D eigenvalue weighted by atomic mass is 16.7. The maximum Gasteiger partial charge on any atom is 0.511 e. The highest BCUT2D eigenvalue weighted by Gasteiger charge is 2.32. The van der Waals surface area contributed by atoms with Crippen molar-refractivity contribution in [3.05, 3.63) is 89.5 Å². The highest BCUT2D eigenvalue weighted by Crippen LogP contribution is 2.43. The van der Waals surface area contributed by atoms with Crippen LogP contribution in [0.25, 0.3) is 11.1 Å². The normalized spacial score (nSPS) is 11.0. The summed E-state index contributed by atoms with van der Waals surface area (Å²) in [6, 6.07) is 22.6. The van der Waals surface area contributed by atoms with Gasteiger partial charge in [-0.15, -0.1) is 0 Å². The Morgan fingerprint density at radius 3 is 2.00 bits per heavy atom. The van der Waals surface area contributed by atoms with Gasteiger partial charge in [0.05, 0.1) is 7.11 Å². The Morgan fingerprint density at radius 2 is 1.45 bits per heavy atom. The molecule has 0 fully saturated rings. The first-order valence-corrected chi connectivity index (χ1v) is 9.13. The SMILES string of the molecule is COC(=O)c1c(OC(=O)O)ccc(C(C)(C)c2ccccc2)c1-c1ccccc1. The summed E-state index contributed by atoms with van der Waals surface area (Å²) in [5.41, 5.74) is 2.88. The molecular weight excluding hydrogens is 368 g/mol. The van der Waals surface area contributed by atoms with Gasteiger partial charge in [0.1, 0.15) is 11.3 Å². The molecule has 0 radical (unpaired) electrons. The van der Waals surface area contributed by atoms with Crippen LogP contribution in [0.4, 0.5) is 4.79 Å². The number of carboxylic acid groups (broad SMARTS) is 1.